The van der Waals surface area contributed by atoms with Crippen LogP contribution in [0.1, 0.15) is 20.8 Å². The second-order valence-electron chi connectivity index (χ2n) is 6.21. The van der Waals surface area contributed by atoms with Gasteiger partial charge in [-0.25, -0.2) is 4.79 Å². The lowest BCUT2D eigenvalue weighted by Crippen LogP contribution is -2.68. The summed E-state index contributed by atoms with van der Waals surface area (Å²) < 4.78 is 11.8. The molecule has 0 bridgehead atoms. The van der Waals surface area contributed by atoms with Gasteiger partial charge in [0.25, 0.3) is 0 Å². The topological polar surface area (TPSA) is 64.8 Å². The van der Waals surface area contributed by atoms with Crippen molar-refractivity contribution >= 4 is 27.7 Å². The Kier molecular flexibility index (Phi) is 4.60. The molecule has 2 N–H and O–H groups in total. The number of benzene rings is 1. The molecule has 116 valence electrons. The third kappa shape index (κ3) is 3.56. The van der Waals surface area contributed by atoms with Gasteiger partial charge in [0.05, 0.1) is 13.2 Å². The van der Waals surface area contributed by atoms with Gasteiger partial charge in [-0.15, -0.1) is 0 Å². The summed E-state index contributed by atoms with van der Waals surface area (Å²) in [4.78, 5) is 14.2. The van der Waals surface area contributed by atoms with Gasteiger partial charge in [0.15, 0.2) is 0 Å². The van der Waals surface area contributed by atoms with Crippen LogP contribution in [-0.4, -0.2) is 37.0 Å². The van der Waals surface area contributed by atoms with E-state index in [0.717, 1.165) is 10.2 Å². The van der Waals surface area contributed by atoms with Crippen LogP contribution in [0.4, 0.5) is 10.5 Å². The minimum atomic E-state index is -0.564. The van der Waals surface area contributed by atoms with E-state index in [1.165, 1.54) is 0 Å². The molecule has 1 heterocycles. The van der Waals surface area contributed by atoms with Crippen LogP contribution < -0.4 is 10.6 Å². The molecule has 1 amide bonds. The number of ether oxygens (including phenoxy) is 2. The highest BCUT2D eigenvalue weighted by molar-refractivity contribution is 9.10. The molecule has 1 aliphatic rings. The molecular weight excluding hydrogens is 336 g/mol. The maximum Gasteiger partial charge on any atom is 0.415 e. The molecule has 0 radical (unpaired) electrons. The van der Waals surface area contributed by atoms with Gasteiger partial charge in [0.2, 0.25) is 0 Å². The van der Waals surface area contributed by atoms with Crippen LogP contribution in [0.5, 0.6) is 0 Å². The maximum absolute atomic E-state index is 12.6. The summed E-state index contributed by atoms with van der Waals surface area (Å²) in [6.45, 7) is 6.69. The van der Waals surface area contributed by atoms with Gasteiger partial charge >= 0.3 is 6.09 Å². The summed E-state index contributed by atoms with van der Waals surface area (Å²) >= 11 is 3.39. The second kappa shape index (κ2) is 5.94. The van der Waals surface area contributed by atoms with E-state index in [4.69, 9.17) is 15.2 Å². The molecule has 5 nitrogen and oxygen atoms in total. The van der Waals surface area contributed by atoms with E-state index in [1.807, 2.05) is 45.0 Å². The molecular formula is C15H21BrN2O3. The third-order valence-corrected chi connectivity index (χ3v) is 3.79. The zero-order valence-electron chi connectivity index (χ0n) is 12.6. The van der Waals surface area contributed by atoms with Crippen LogP contribution in [0, 0.1) is 0 Å². The first-order valence-electron chi connectivity index (χ1n) is 6.84. The number of hydrogen-bond acceptors (Lipinski definition) is 4. The van der Waals surface area contributed by atoms with Crippen LogP contribution in [0.25, 0.3) is 0 Å². The number of nitrogens with two attached hydrogens (primary N) is 1. The number of nitrogens with zero attached hydrogens (tertiary/aromatic N) is 1. The Morgan fingerprint density at radius 3 is 2.33 bits per heavy atom. The summed E-state index contributed by atoms with van der Waals surface area (Å²) in [6, 6.07) is 7.50. The number of amides is 1. The summed E-state index contributed by atoms with van der Waals surface area (Å²) in [5.41, 5.74) is 5.55. The van der Waals surface area contributed by atoms with Gasteiger partial charge in [-0.3, -0.25) is 4.90 Å². The van der Waals surface area contributed by atoms with E-state index in [2.05, 4.69) is 15.9 Å². The highest BCUT2D eigenvalue weighted by Gasteiger charge is 2.47. The van der Waals surface area contributed by atoms with Crippen molar-refractivity contribution in [1.29, 1.82) is 0 Å². The first-order valence-corrected chi connectivity index (χ1v) is 7.63. The first kappa shape index (κ1) is 16.3. The zero-order chi connectivity index (χ0) is 15.7. The molecule has 0 saturated carbocycles. The monoisotopic (exact) mass is 356 g/mol. The lowest BCUT2D eigenvalue weighted by Gasteiger charge is -2.48. The summed E-state index contributed by atoms with van der Waals surface area (Å²) in [7, 11) is 0. The molecule has 1 aromatic rings. The number of carbonyl (C=O) groups is 1. The predicted octanol–water partition coefficient (Wildman–Crippen LogP) is 2.92. The molecule has 1 aromatic carbocycles. The average Bonchev–Trinajstić information content (AvgIpc) is 2.33. The summed E-state index contributed by atoms with van der Waals surface area (Å²) in [6.07, 6.45) is -0.404. The largest absolute Gasteiger partial charge is 0.443 e. The highest BCUT2D eigenvalue weighted by Crippen LogP contribution is 2.32. The Hall–Kier alpha value is -1.11. The standard InChI is InChI=1S/C15H21BrN2O3/c1-14(2,3)21-13(19)18(15(8-17)9-20-10-15)12-6-4-11(16)5-7-12/h4-7H,8-10,17H2,1-3H3. The molecule has 0 spiro atoms. The van der Waals surface area contributed by atoms with Crippen LogP contribution in [-0.2, 0) is 9.47 Å². The van der Waals surface area contributed by atoms with E-state index in [1.54, 1.807) is 4.90 Å². The normalized spacial score (nSPS) is 17.0. The van der Waals surface area contributed by atoms with Crippen molar-refractivity contribution in [2.75, 3.05) is 24.7 Å². The fourth-order valence-corrected chi connectivity index (χ4v) is 2.41. The minimum absolute atomic E-state index is 0.322. The number of rotatable bonds is 3. The van der Waals surface area contributed by atoms with Gasteiger partial charge in [0, 0.05) is 16.7 Å². The van der Waals surface area contributed by atoms with Crippen molar-refractivity contribution < 1.29 is 14.3 Å². The molecule has 6 heteroatoms. The van der Waals surface area contributed by atoms with Gasteiger partial charge in [0.1, 0.15) is 11.1 Å². The molecule has 1 aliphatic heterocycles. The molecule has 2 rings (SSSR count). The number of hydrogen-bond donors (Lipinski definition) is 1. The van der Waals surface area contributed by atoms with Crippen molar-refractivity contribution in [3.05, 3.63) is 28.7 Å². The van der Waals surface area contributed by atoms with Crippen molar-refractivity contribution in [2.24, 2.45) is 5.73 Å². The smallest absolute Gasteiger partial charge is 0.415 e. The van der Waals surface area contributed by atoms with Crippen molar-refractivity contribution in [3.63, 3.8) is 0 Å². The summed E-state index contributed by atoms with van der Waals surface area (Å²) in [5, 5.41) is 0. The Morgan fingerprint density at radius 2 is 1.95 bits per heavy atom. The first-order chi connectivity index (χ1) is 9.77. The molecule has 21 heavy (non-hydrogen) atoms. The van der Waals surface area contributed by atoms with E-state index in [-0.39, 0.29) is 0 Å². The van der Waals surface area contributed by atoms with Gasteiger partial charge < -0.3 is 15.2 Å². The fraction of sp³-hybridized carbons (Fsp3) is 0.533. The fourth-order valence-electron chi connectivity index (χ4n) is 2.15. The van der Waals surface area contributed by atoms with Crippen LogP contribution in [0.15, 0.2) is 28.7 Å². The van der Waals surface area contributed by atoms with E-state index in [0.29, 0.717) is 19.8 Å². The van der Waals surface area contributed by atoms with Crippen LogP contribution >= 0.6 is 15.9 Å². The lowest BCUT2D eigenvalue weighted by atomic mass is 9.94. The molecule has 0 atom stereocenters. The molecule has 0 unspecified atom stereocenters. The Morgan fingerprint density at radius 1 is 1.38 bits per heavy atom. The predicted molar refractivity (Wildman–Crippen MR) is 85.5 cm³/mol. The summed E-state index contributed by atoms with van der Waals surface area (Å²) in [5.74, 6) is 0. The Labute approximate surface area is 133 Å². The number of carbonyl (C=O) groups excluding carboxylic acids is 1. The maximum atomic E-state index is 12.6. The van der Waals surface area contributed by atoms with Crippen molar-refractivity contribution in [1.82, 2.24) is 0 Å². The van der Waals surface area contributed by atoms with Crippen molar-refractivity contribution in [2.45, 2.75) is 31.9 Å². The van der Waals surface area contributed by atoms with E-state index < -0.39 is 17.2 Å². The Bertz CT molecular complexity index is 501. The molecule has 1 saturated heterocycles. The van der Waals surface area contributed by atoms with Crippen LogP contribution in [0.2, 0.25) is 0 Å². The van der Waals surface area contributed by atoms with Crippen molar-refractivity contribution in [3.8, 4) is 0 Å². The van der Waals surface area contributed by atoms with Gasteiger partial charge in [-0.1, -0.05) is 15.9 Å². The van der Waals surface area contributed by atoms with Gasteiger partial charge in [-0.2, -0.15) is 0 Å². The molecule has 0 aliphatic carbocycles. The quantitative estimate of drug-likeness (QED) is 0.904. The van der Waals surface area contributed by atoms with E-state index >= 15 is 0 Å². The molecule has 0 aromatic heterocycles. The van der Waals surface area contributed by atoms with E-state index in [9.17, 15) is 4.79 Å². The zero-order valence-corrected chi connectivity index (χ0v) is 14.1. The average molecular weight is 357 g/mol. The second-order valence-corrected chi connectivity index (χ2v) is 7.13. The molecule has 1 fully saturated rings. The minimum Gasteiger partial charge on any atom is -0.443 e. The highest BCUT2D eigenvalue weighted by atomic mass is 79.9. The Balaban J connectivity index is 2.35. The lowest BCUT2D eigenvalue weighted by molar-refractivity contribution is -0.0551. The number of halogens is 1. The SMILES string of the molecule is CC(C)(C)OC(=O)N(c1ccc(Br)cc1)C1(CN)COC1. The number of anilines is 1. The van der Waals surface area contributed by atoms with Gasteiger partial charge in [-0.05, 0) is 45.0 Å². The van der Waals surface area contributed by atoms with Crippen LogP contribution in [0.3, 0.4) is 0 Å². The third-order valence-electron chi connectivity index (χ3n) is 3.26.